The van der Waals surface area contributed by atoms with Crippen LogP contribution in [0.15, 0.2) is 41.4 Å². The third-order valence-corrected chi connectivity index (χ3v) is 7.48. The van der Waals surface area contributed by atoms with Crippen LogP contribution in [-0.4, -0.2) is 36.7 Å². The lowest BCUT2D eigenvalue weighted by atomic mass is 9.75. The molecule has 0 saturated carbocycles. The number of aromatic hydroxyl groups is 1. The van der Waals surface area contributed by atoms with Crippen LogP contribution in [0, 0.1) is 13.8 Å². The Morgan fingerprint density at radius 1 is 1.18 bits per heavy atom. The molecule has 2 heterocycles. The van der Waals surface area contributed by atoms with Gasteiger partial charge in [-0.25, -0.2) is 4.79 Å². The molecule has 0 fully saturated rings. The quantitative estimate of drug-likeness (QED) is 0.491. The Morgan fingerprint density at radius 3 is 2.65 bits per heavy atom. The number of carbonyl (C=O) groups is 1. The molecule has 0 bridgehead atoms. The summed E-state index contributed by atoms with van der Waals surface area (Å²) in [6.07, 6.45) is 2.89. The molecule has 176 valence electrons. The number of carbonyl (C=O) groups excluding carboxylic acids is 1. The predicted octanol–water partition coefficient (Wildman–Crippen LogP) is 5.95. The molecular formula is C28H30N2O4. The van der Waals surface area contributed by atoms with Crippen molar-refractivity contribution in [1.82, 2.24) is 0 Å². The maximum Gasteiger partial charge on any atom is 0.341 e. The van der Waals surface area contributed by atoms with E-state index in [4.69, 9.17) is 14.5 Å². The minimum Gasteiger partial charge on any atom is -0.507 e. The summed E-state index contributed by atoms with van der Waals surface area (Å²) in [5, 5.41) is 11.8. The van der Waals surface area contributed by atoms with Crippen molar-refractivity contribution < 1.29 is 19.4 Å². The third-order valence-electron chi connectivity index (χ3n) is 7.48. The SMILES string of the molecule is CCCN1c2ccc(C)c(C)c2C(C)(C)C12C=Nc1c(ccc3cc(O)c(C(=O)OC)cc13)O2. The molecule has 34 heavy (non-hydrogen) atoms. The van der Waals surface area contributed by atoms with Gasteiger partial charge in [-0.15, -0.1) is 0 Å². The van der Waals surface area contributed by atoms with E-state index in [1.807, 2.05) is 18.3 Å². The lowest BCUT2D eigenvalue weighted by Gasteiger charge is -2.46. The number of rotatable bonds is 3. The molecule has 1 unspecified atom stereocenters. The Bertz CT molecular complexity index is 1370. The molecule has 3 aromatic rings. The number of hydrogen-bond donors (Lipinski definition) is 1. The van der Waals surface area contributed by atoms with Crippen molar-refractivity contribution in [2.24, 2.45) is 4.99 Å². The van der Waals surface area contributed by atoms with Crippen molar-refractivity contribution in [1.29, 1.82) is 0 Å². The van der Waals surface area contributed by atoms with E-state index in [2.05, 4.69) is 51.7 Å². The first-order chi connectivity index (χ1) is 16.2. The summed E-state index contributed by atoms with van der Waals surface area (Å²) in [7, 11) is 1.29. The van der Waals surface area contributed by atoms with Crippen LogP contribution < -0.4 is 9.64 Å². The van der Waals surface area contributed by atoms with Crippen LogP contribution in [0.3, 0.4) is 0 Å². The lowest BCUT2D eigenvalue weighted by molar-refractivity contribution is 0.0597. The molecule has 0 saturated heterocycles. The largest absolute Gasteiger partial charge is 0.507 e. The Kier molecular flexibility index (Phi) is 4.90. The summed E-state index contributed by atoms with van der Waals surface area (Å²) in [6.45, 7) is 11.8. The van der Waals surface area contributed by atoms with Crippen LogP contribution in [0.1, 0.15) is 54.2 Å². The van der Waals surface area contributed by atoms with E-state index < -0.39 is 11.7 Å². The summed E-state index contributed by atoms with van der Waals surface area (Å²) in [4.78, 5) is 19.5. The highest BCUT2D eigenvalue weighted by Crippen LogP contribution is 2.56. The van der Waals surface area contributed by atoms with Crippen molar-refractivity contribution in [3.05, 3.63) is 58.7 Å². The molecule has 1 N–H and O–H groups in total. The predicted molar refractivity (Wildman–Crippen MR) is 135 cm³/mol. The summed E-state index contributed by atoms with van der Waals surface area (Å²) in [6, 6.07) is 11.3. The molecule has 2 aliphatic heterocycles. The number of aryl methyl sites for hydroxylation is 1. The minimum absolute atomic E-state index is 0.103. The summed E-state index contributed by atoms with van der Waals surface area (Å²) < 4.78 is 11.7. The second-order valence-corrected chi connectivity index (χ2v) is 9.73. The molecule has 0 aliphatic carbocycles. The van der Waals surface area contributed by atoms with E-state index in [0.29, 0.717) is 11.4 Å². The number of benzene rings is 3. The van der Waals surface area contributed by atoms with Crippen LogP contribution in [0.25, 0.3) is 10.8 Å². The fraction of sp³-hybridized carbons (Fsp3) is 0.357. The van der Waals surface area contributed by atoms with Crippen molar-refractivity contribution in [3.8, 4) is 11.5 Å². The highest BCUT2D eigenvalue weighted by Gasteiger charge is 2.60. The Hall–Kier alpha value is -3.54. The van der Waals surface area contributed by atoms with Gasteiger partial charge < -0.3 is 19.5 Å². The van der Waals surface area contributed by atoms with Gasteiger partial charge in [0.05, 0.1) is 18.7 Å². The van der Waals surface area contributed by atoms with Gasteiger partial charge in [0.25, 0.3) is 0 Å². The number of esters is 1. The number of nitrogens with zero attached hydrogens (tertiary/aromatic N) is 2. The molecule has 6 nitrogen and oxygen atoms in total. The van der Waals surface area contributed by atoms with E-state index in [-0.39, 0.29) is 16.7 Å². The van der Waals surface area contributed by atoms with Gasteiger partial charge in [0.1, 0.15) is 22.7 Å². The van der Waals surface area contributed by atoms with Gasteiger partial charge >= 0.3 is 5.97 Å². The van der Waals surface area contributed by atoms with Gasteiger partial charge in [0, 0.05) is 17.6 Å². The van der Waals surface area contributed by atoms with Crippen LogP contribution in [-0.2, 0) is 10.2 Å². The number of fused-ring (bicyclic) bond motifs is 4. The Labute approximate surface area is 199 Å². The highest BCUT2D eigenvalue weighted by molar-refractivity contribution is 6.05. The molecule has 3 aromatic carbocycles. The van der Waals surface area contributed by atoms with Gasteiger partial charge in [0.2, 0.25) is 5.72 Å². The maximum atomic E-state index is 12.2. The first-order valence-electron chi connectivity index (χ1n) is 11.7. The normalized spacial score (nSPS) is 19.8. The minimum atomic E-state index is -0.785. The molecule has 0 amide bonds. The van der Waals surface area contributed by atoms with E-state index in [1.165, 1.54) is 29.5 Å². The fourth-order valence-corrected chi connectivity index (χ4v) is 5.59. The van der Waals surface area contributed by atoms with Crippen molar-refractivity contribution in [2.45, 2.75) is 52.2 Å². The molecule has 6 heteroatoms. The van der Waals surface area contributed by atoms with Crippen LogP contribution in [0.5, 0.6) is 11.5 Å². The maximum absolute atomic E-state index is 12.2. The molecule has 0 radical (unpaired) electrons. The summed E-state index contributed by atoms with van der Waals surface area (Å²) in [5.74, 6) is -0.0711. The first-order valence-corrected chi connectivity index (χ1v) is 11.7. The van der Waals surface area contributed by atoms with Gasteiger partial charge in [-0.2, -0.15) is 0 Å². The van der Waals surface area contributed by atoms with Crippen LogP contribution in [0.2, 0.25) is 0 Å². The molecule has 1 atom stereocenters. The van der Waals surface area contributed by atoms with Crippen LogP contribution in [0.4, 0.5) is 11.4 Å². The van der Waals surface area contributed by atoms with Crippen LogP contribution >= 0.6 is 0 Å². The van der Waals surface area contributed by atoms with Crippen molar-refractivity contribution >= 4 is 34.3 Å². The van der Waals surface area contributed by atoms with Crippen molar-refractivity contribution in [2.75, 3.05) is 18.6 Å². The number of phenols is 1. The standard InChI is InChI=1S/C28H30N2O4/c1-7-12-30-21-10-8-16(2)17(3)24(21)27(4,5)28(30)15-29-25-19-14-20(26(32)33-6)22(31)13-18(19)9-11-23(25)34-28/h8-11,13-15,31H,7,12H2,1-6H3. The second-order valence-electron chi connectivity index (χ2n) is 9.73. The number of anilines is 1. The lowest BCUT2D eigenvalue weighted by Crippen LogP contribution is -2.62. The van der Waals surface area contributed by atoms with E-state index in [1.54, 1.807) is 12.1 Å². The van der Waals surface area contributed by atoms with Crippen molar-refractivity contribution in [3.63, 3.8) is 0 Å². The fourth-order valence-electron chi connectivity index (χ4n) is 5.59. The highest BCUT2D eigenvalue weighted by atomic mass is 16.5. The molecular weight excluding hydrogens is 428 g/mol. The number of methoxy groups -OCH3 is 1. The average molecular weight is 459 g/mol. The molecule has 5 rings (SSSR count). The second kappa shape index (κ2) is 7.49. The molecule has 0 aromatic heterocycles. The number of phenolic OH excluding ortho intramolecular Hbond substituents is 1. The Morgan fingerprint density at radius 2 is 1.94 bits per heavy atom. The number of ether oxygens (including phenoxy) is 2. The van der Waals surface area contributed by atoms with Gasteiger partial charge in [-0.05, 0) is 80.5 Å². The zero-order valence-electron chi connectivity index (χ0n) is 20.5. The van der Waals surface area contributed by atoms with Gasteiger partial charge in [-0.1, -0.05) is 19.1 Å². The van der Waals surface area contributed by atoms with E-state index in [0.717, 1.165) is 23.7 Å². The molecule has 2 aliphatic rings. The first kappa shape index (κ1) is 22.3. The summed E-state index contributed by atoms with van der Waals surface area (Å²) >= 11 is 0. The summed E-state index contributed by atoms with van der Waals surface area (Å²) in [5.41, 5.74) is 4.60. The van der Waals surface area contributed by atoms with E-state index in [9.17, 15) is 9.90 Å². The molecule has 1 spiro atoms. The number of aliphatic imine (C=N–C) groups is 1. The number of hydrogen-bond acceptors (Lipinski definition) is 6. The zero-order chi connectivity index (χ0) is 24.4. The average Bonchev–Trinajstić information content (AvgIpc) is 2.99. The Balaban J connectivity index is 1.71. The zero-order valence-corrected chi connectivity index (χ0v) is 20.5. The topological polar surface area (TPSA) is 71.4 Å². The smallest absolute Gasteiger partial charge is 0.341 e. The van der Waals surface area contributed by atoms with E-state index >= 15 is 0 Å². The third kappa shape index (κ3) is 2.81. The van der Waals surface area contributed by atoms with Gasteiger partial charge in [-0.3, -0.25) is 4.99 Å². The monoisotopic (exact) mass is 458 g/mol. The van der Waals surface area contributed by atoms with Gasteiger partial charge in [0.15, 0.2) is 0 Å².